The van der Waals surface area contributed by atoms with Crippen LogP contribution in [-0.4, -0.2) is 48.6 Å². The van der Waals surface area contributed by atoms with Crippen molar-refractivity contribution in [3.8, 4) is 0 Å². The van der Waals surface area contributed by atoms with Crippen molar-refractivity contribution in [2.24, 2.45) is 0 Å². The number of halogens is 6. The summed E-state index contributed by atoms with van der Waals surface area (Å²) in [5.41, 5.74) is -3.76. The molecule has 102 valence electrons. The van der Waals surface area contributed by atoms with Crippen molar-refractivity contribution in [1.29, 1.82) is 0 Å². The Morgan fingerprint density at radius 3 is 1.56 bits per heavy atom. The molecule has 0 aliphatic carbocycles. The van der Waals surface area contributed by atoms with Gasteiger partial charge in [0.2, 0.25) is 0 Å². The topological polar surface area (TPSA) is 23.5 Å². The first-order chi connectivity index (χ1) is 6.37. The molecule has 1 N–H and O–H groups in total. The third kappa shape index (κ3) is 5.91. The van der Waals surface area contributed by atoms with Gasteiger partial charge in [0.15, 0.2) is 5.60 Å². The van der Waals surface area contributed by atoms with Crippen LogP contribution >= 0.6 is 0 Å². The zero-order valence-corrected chi connectivity index (χ0v) is 9.38. The van der Waals surface area contributed by atoms with Crippen molar-refractivity contribution in [3.63, 3.8) is 0 Å². The predicted molar refractivity (Wildman–Crippen MR) is 40.2 cm³/mol. The quantitative estimate of drug-likeness (QED) is 0.634. The molecule has 0 heterocycles. The molecule has 1 unspecified atom stereocenters. The van der Waals surface area contributed by atoms with Gasteiger partial charge < -0.3 is 10.0 Å². The Bertz CT molecular complexity index is 216. The summed E-state index contributed by atoms with van der Waals surface area (Å²) >= 11 is 0. The molecule has 0 aromatic rings. The van der Waals surface area contributed by atoms with E-state index in [0.29, 0.717) is 0 Å². The standard InChI is InChI=1S/C7H11F6NO.Ni/c1-14(2)4-5(15,7(11,12)13)3-6(8,9)10;/h15H,3-4H2,1-2H3;. The van der Waals surface area contributed by atoms with Gasteiger partial charge in [-0.1, -0.05) is 0 Å². The minimum Gasteiger partial charge on any atom is -0.379 e. The van der Waals surface area contributed by atoms with Crippen LogP contribution in [0.1, 0.15) is 6.42 Å². The van der Waals surface area contributed by atoms with Crippen LogP contribution in [0.4, 0.5) is 26.3 Å². The third-order valence-corrected chi connectivity index (χ3v) is 1.60. The van der Waals surface area contributed by atoms with Gasteiger partial charge in [-0.2, -0.15) is 26.3 Å². The third-order valence-electron chi connectivity index (χ3n) is 1.60. The minimum atomic E-state index is -5.31. The number of hydrogen-bond acceptors (Lipinski definition) is 2. The predicted octanol–water partition coefficient (Wildman–Crippen LogP) is 1.79. The summed E-state index contributed by atoms with van der Waals surface area (Å²) in [6.45, 7) is -1.13. The molecule has 0 aliphatic rings. The van der Waals surface area contributed by atoms with E-state index in [-0.39, 0.29) is 16.5 Å². The number of alkyl halides is 6. The molecule has 0 saturated heterocycles. The van der Waals surface area contributed by atoms with E-state index in [2.05, 4.69) is 0 Å². The van der Waals surface area contributed by atoms with Crippen LogP contribution in [0.2, 0.25) is 0 Å². The van der Waals surface area contributed by atoms with Crippen LogP contribution in [0.25, 0.3) is 0 Å². The first kappa shape index (κ1) is 18.4. The molecule has 0 bridgehead atoms. The maximum Gasteiger partial charge on any atom is 0.418 e. The molecule has 2 nitrogen and oxygen atoms in total. The summed E-state index contributed by atoms with van der Waals surface area (Å²) in [6, 6.07) is 0. The first-order valence-corrected chi connectivity index (χ1v) is 3.88. The Morgan fingerprint density at radius 1 is 1.00 bits per heavy atom. The smallest absolute Gasteiger partial charge is 0.379 e. The van der Waals surface area contributed by atoms with Crippen LogP contribution in [0.15, 0.2) is 0 Å². The largest absolute Gasteiger partial charge is 0.418 e. The van der Waals surface area contributed by atoms with Crippen LogP contribution < -0.4 is 0 Å². The van der Waals surface area contributed by atoms with E-state index < -0.39 is 30.9 Å². The normalized spacial score (nSPS) is 16.9. The minimum absolute atomic E-state index is 0. The van der Waals surface area contributed by atoms with Crippen LogP contribution in [0.3, 0.4) is 0 Å². The monoisotopic (exact) mass is 297 g/mol. The van der Waals surface area contributed by atoms with Gasteiger partial charge in [0, 0.05) is 23.0 Å². The fourth-order valence-electron chi connectivity index (χ4n) is 1.10. The van der Waals surface area contributed by atoms with E-state index in [4.69, 9.17) is 5.11 Å². The van der Waals surface area contributed by atoms with Gasteiger partial charge in [0.25, 0.3) is 0 Å². The molecule has 0 aromatic carbocycles. The fourth-order valence-corrected chi connectivity index (χ4v) is 1.10. The van der Waals surface area contributed by atoms with Crippen LogP contribution in [0.5, 0.6) is 0 Å². The van der Waals surface area contributed by atoms with Gasteiger partial charge in [0.05, 0.1) is 6.42 Å². The second-order valence-corrected chi connectivity index (χ2v) is 3.56. The van der Waals surface area contributed by atoms with Crippen molar-refractivity contribution in [3.05, 3.63) is 0 Å². The van der Waals surface area contributed by atoms with E-state index in [1.807, 2.05) is 0 Å². The van der Waals surface area contributed by atoms with Gasteiger partial charge >= 0.3 is 12.4 Å². The second-order valence-electron chi connectivity index (χ2n) is 3.56. The average molecular weight is 298 g/mol. The summed E-state index contributed by atoms with van der Waals surface area (Å²) in [7, 11) is 2.29. The fraction of sp³-hybridized carbons (Fsp3) is 1.00. The Labute approximate surface area is 98.5 Å². The van der Waals surface area contributed by atoms with Crippen molar-refractivity contribution < 1.29 is 47.9 Å². The first-order valence-electron chi connectivity index (χ1n) is 3.88. The summed E-state index contributed by atoms with van der Waals surface area (Å²) in [6.07, 6.45) is -12.7. The van der Waals surface area contributed by atoms with Gasteiger partial charge in [-0.3, -0.25) is 0 Å². The number of nitrogens with zero attached hydrogens (tertiary/aromatic N) is 1. The Balaban J connectivity index is 0. The van der Waals surface area contributed by atoms with Crippen molar-refractivity contribution in [1.82, 2.24) is 4.90 Å². The number of hydrogen-bond donors (Lipinski definition) is 1. The van der Waals surface area contributed by atoms with E-state index in [9.17, 15) is 26.3 Å². The number of rotatable bonds is 3. The van der Waals surface area contributed by atoms with Crippen molar-refractivity contribution in [2.45, 2.75) is 24.4 Å². The van der Waals surface area contributed by atoms with Gasteiger partial charge in [0.1, 0.15) is 0 Å². The van der Waals surface area contributed by atoms with E-state index in [0.717, 1.165) is 19.0 Å². The van der Waals surface area contributed by atoms with E-state index in [1.165, 1.54) is 0 Å². The average Bonchev–Trinajstić information content (AvgIpc) is 1.75. The van der Waals surface area contributed by atoms with Gasteiger partial charge in [-0.25, -0.2) is 0 Å². The van der Waals surface area contributed by atoms with Crippen molar-refractivity contribution >= 4 is 0 Å². The molecule has 0 aromatic heterocycles. The molecule has 1 atom stereocenters. The molecule has 0 aliphatic heterocycles. The summed E-state index contributed by atoms with van der Waals surface area (Å²) in [5.74, 6) is 0. The molecule has 0 saturated carbocycles. The summed E-state index contributed by atoms with van der Waals surface area (Å²) in [4.78, 5) is 0.846. The zero-order chi connectivity index (χ0) is 12.5. The van der Waals surface area contributed by atoms with E-state index in [1.54, 1.807) is 0 Å². The number of aliphatic hydroxyl groups is 1. The molecule has 0 rings (SSSR count). The van der Waals surface area contributed by atoms with Gasteiger partial charge in [-0.05, 0) is 14.1 Å². The second kappa shape index (κ2) is 5.55. The SMILES string of the molecule is CN(C)CC(O)(CC(F)(F)F)C(F)(F)F.[Ni]. The molecule has 0 fully saturated rings. The molecular formula is C7H11F6NNiO. The molecule has 0 amide bonds. The van der Waals surface area contributed by atoms with Gasteiger partial charge in [-0.15, -0.1) is 0 Å². The summed E-state index contributed by atoms with van der Waals surface area (Å²) < 4.78 is 72.2. The molecular weight excluding hydrogens is 287 g/mol. The Morgan fingerprint density at radius 2 is 1.38 bits per heavy atom. The molecule has 0 spiro atoms. The van der Waals surface area contributed by atoms with Crippen molar-refractivity contribution in [2.75, 3.05) is 20.6 Å². The Kier molecular flexibility index (Phi) is 6.37. The molecule has 9 heteroatoms. The maximum atomic E-state index is 12.2. The zero-order valence-electron chi connectivity index (χ0n) is 8.39. The van der Waals surface area contributed by atoms with E-state index >= 15 is 0 Å². The summed E-state index contributed by atoms with van der Waals surface area (Å²) in [5, 5.41) is 8.97. The van der Waals surface area contributed by atoms with Crippen LogP contribution in [0, 0.1) is 0 Å². The Hall–Kier alpha value is -0.00649. The molecule has 0 radical (unpaired) electrons. The molecule has 16 heavy (non-hydrogen) atoms. The van der Waals surface area contributed by atoms with Crippen LogP contribution in [-0.2, 0) is 16.5 Å². The number of likely N-dealkylation sites (N-methyl/N-ethyl adjacent to an activating group) is 1. The maximum absolute atomic E-state index is 12.2.